The molecular weight excluding hydrogens is 216 g/mol. The maximum atomic E-state index is 8.65. The van der Waals surface area contributed by atoms with E-state index in [4.69, 9.17) is 20.5 Å². The van der Waals surface area contributed by atoms with E-state index in [1.807, 2.05) is 26.0 Å². The topological polar surface area (TPSA) is 68.3 Å². The Kier molecular flexibility index (Phi) is 4.89. The van der Waals surface area contributed by atoms with Crippen molar-refractivity contribution in [1.82, 2.24) is 0 Å². The van der Waals surface area contributed by atoms with Gasteiger partial charge in [0.2, 0.25) is 0 Å². The molecule has 0 aromatic heterocycles. The van der Waals surface area contributed by atoms with Crippen LogP contribution in [0.25, 0.3) is 5.70 Å². The van der Waals surface area contributed by atoms with Gasteiger partial charge in [-0.25, -0.2) is 0 Å². The van der Waals surface area contributed by atoms with Crippen LogP contribution in [-0.2, 0) is 0 Å². The largest absolute Gasteiger partial charge is 0.493 e. The molecular formula is C13H16N2O2. The predicted molar refractivity (Wildman–Crippen MR) is 66.6 cm³/mol. The molecule has 0 amide bonds. The molecule has 2 N–H and O–H groups in total. The van der Waals surface area contributed by atoms with Crippen LogP contribution in [0.1, 0.15) is 19.4 Å². The fourth-order valence-corrected chi connectivity index (χ4v) is 1.49. The van der Waals surface area contributed by atoms with Crippen LogP contribution in [0.15, 0.2) is 24.3 Å². The first-order chi connectivity index (χ1) is 8.24. The summed E-state index contributed by atoms with van der Waals surface area (Å²) in [5, 5.41) is 8.65. The van der Waals surface area contributed by atoms with Gasteiger partial charge in [-0.05, 0) is 26.0 Å². The van der Waals surface area contributed by atoms with Gasteiger partial charge < -0.3 is 15.2 Å². The molecule has 0 bridgehead atoms. The van der Waals surface area contributed by atoms with Crippen molar-refractivity contribution >= 4 is 5.70 Å². The lowest BCUT2D eigenvalue weighted by Crippen LogP contribution is -2.05. The number of hydrogen-bond donors (Lipinski definition) is 1. The number of rotatable bonds is 5. The molecule has 0 unspecified atom stereocenters. The van der Waals surface area contributed by atoms with E-state index >= 15 is 0 Å². The lowest BCUT2D eigenvalue weighted by molar-refractivity contribution is 0.321. The molecule has 17 heavy (non-hydrogen) atoms. The summed E-state index contributed by atoms with van der Waals surface area (Å²) in [6.45, 7) is 4.84. The Hall–Kier alpha value is -2.15. The van der Waals surface area contributed by atoms with Crippen LogP contribution in [0.3, 0.4) is 0 Å². The number of ether oxygens (including phenoxy) is 2. The Balaban J connectivity index is 3.28. The molecule has 1 aromatic carbocycles. The third-order valence-electron chi connectivity index (χ3n) is 2.10. The van der Waals surface area contributed by atoms with E-state index in [2.05, 4.69) is 0 Å². The lowest BCUT2D eigenvalue weighted by Gasteiger charge is -2.14. The molecule has 0 aliphatic heterocycles. The van der Waals surface area contributed by atoms with Crippen molar-refractivity contribution in [3.05, 3.63) is 29.8 Å². The van der Waals surface area contributed by atoms with Crippen LogP contribution in [0, 0.1) is 11.3 Å². The van der Waals surface area contributed by atoms with Crippen molar-refractivity contribution < 1.29 is 9.47 Å². The van der Waals surface area contributed by atoms with Crippen molar-refractivity contribution in [3.63, 3.8) is 0 Å². The fourth-order valence-electron chi connectivity index (χ4n) is 1.49. The van der Waals surface area contributed by atoms with Gasteiger partial charge in [0, 0.05) is 6.08 Å². The summed E-state index contributed by atoms with van der Waals surface area (Å²) >= 11 is 0. The van der Waals surface area contributed by atoms with Crippen LogP contribution < -0.4 is 15.2 Å². The van der Waals surface area contributed by atoms with Crippen LogP contribution >= 0.6 is 0 Å². The zero-order valence-electron chi connectivity index (χ0n) is 10.1. The Bertz CT molecular complexity index is 423. The van der Waals surface area contributed by atoms with Crippen LogP contribution in [0.4, 0.5) is 0 Å². The van der Waals surface area contributed by atoms with Crippen molar-refractivity contribution in [2.45, 2.75) is 13.8 Å². The van der Waals surface area contributed by atoms with Gasteiger partial charge in [0.15, 0.2) is 0 Å². The molecule has 4 nitrogen and oxygen atoms in total. The van der Waals surface area contributed by atoms with Crippen molar-refractivity contribution in [3.8, 4) is 17.6 Å². The molecule has 90 valence electrons. The summed E-state index contributed by atoms with van der Waals surface area (Å²) in [7, 11) is 0. The predicted octanol–water partition coefficient (Wildman–Crippen LogP) is 2.31. The van der Waals surface area contributed by atoms with Gasteiger partial charge in [0.25, 0.3) is 0 Å². The number of hydrogen-bond acceptors (Lipinski definition) is 4. The highest BCUT2D eigenvalue weighted by Crippen LogP contribution is 2.32. The maximum absolute atomic E-state index is 8.65. The Morgan fingerprint density at radius 2 is 1.82 bits per heavy atom. The van der Waals surface area contributed by atoms with E-state index in [0.29, 0.717) is 36.0 Å². The first kappa shape index (κ1) is 12.9. The van der Waals surface area contributed by atoms with E-state index in [0.717, 1.165) is 0 Å². The van der Waals surface area contributed by atoms with Gasteiger partial charge in [-0.15, -0.1) is 0 Å². The third kappa shape index (κ3) is 3.15. The summed E-state index contributed by atoms with van der Waals surface area (Å²) < 4.78 is 11.0. The molecule has 0 saturated heterocycles. The van der Waals surface area contributed by atoms with Gasteiger partial charge in [-0.2, -0.15) is 5.26 Å². The molecule has 0 aliphatic carbocycles. The maximum Gasteiger partial charge on any atom is 0.132 e. The smallest absolute Gasteiger partial charge is 0.132 e. The Morgan fingerprint density at radius 1 is 1.29 bits per heavy atom. The summed E-state index contributed by atoms with van der Waals surface area (Å²) in [5.74, 6) is 1.25. The summed E-state index contributed by atoms with van der Waals surface area (Å²) in [4.78, 5) is 0. The number of allylic oxidation sites excluding steroid dienone is 1. The van der Waals surface area contributed by atoms with Gasteiger partial charge in [0.1, 0.15) is 11.5 Å². The minimum Gasteiger partial charge on any atom is -0.493 e. The van der Waals surface area contributed by atoms with Crippen LogP contribution in [0.2, 0.25) is 0 Å². The minimum atomic E-state index is 0.347. The van der Waals surface area contributed by atoms with Crippen molar-refractivity contribution in [2.24, 2.45) is 5.73 Å². The minimum absolute atomic E-state index is 0.347. The van der Waals surface area contributed by atoms with Gasteiger partial charge >= 0.3 is 0 Å². The highest BCUT2D eigenvalue weighted by molar-refractivity contribution is 5.74. The molecule has 0 spiro atoms. The normalized spacial score (nSPS) is 10.8. The van der Waals surface area contributed by atoms with Gasteiger partial charge in [0.05, 0.1) is 30.5 Å². The molecule has 0 saturated carbocycles. The van der Waals surface area contributed by atoms with Crippen molar-refractivity contribution in [1.29, 1.82) is 5.26 Å². The average Bonchev–Trinajstić information content (AvgIpc) is 2.30. The molecule has 0 atom stereocenters. The lowest BCUT2D eigenvalue weighted by atomic mass is 10.1. The third-order valence-corrected chi connectivity index (χ3v) is 2.10. The van der Waals surface area contributed by atoms with E-state index in [9.17, 15) is 0 Å². The second-order valence-electron chi connectivity index (χ2n) is 3.22. The highest BCUT2D eigenvalue weighted by Gasteiger charge is 2.12. The van der Waals surface area contributed by atoms with Gasteiger partial charge in [-0.3, -0.25) is 0 Å². The number of nitrogens with two attached hydrogens (primary N) is 1. The zero-order chi connectivity index (χ0) is 12.7. The monoisotopic (exact) mass is 232 g/mol. The molecule has 0 radical (unpaired) electrons. The van der Waals surface area contributed by atoms with E-state index < -0.39 is 0 Å². The second kappa shape index (κ2) is 6.44. The van der Waals surface area contributed by atoms with Gasteiger partial charge in [-0.1, -0.05) is 6.07 Å². The number of benzene rings is 1. The molecule has 0 heterocycles. The summed E-state index contributed by atoms with van der Waals surface area (Å²) in [6, 6.07) is 7.35. The van der Waals surface area contributed by atoms with Crippen LogP contribution in [0.5, 0.6) is 11.5 Å². The van der Waals surface area contributed by atoms with E-state index in [1.165, 1.54) is 6.08 Å². The summed E-state index contributed by atoms with van der Waals surface area (Å²) in [5.41, 5.74) is 6.83. The molecule has 1 rings (SSSR count). The van der Waals surface area contributed by atoms with E-state index in [1.54, 1.807) is 12.1 Å². The Morgan fingerprint density at radius 3 is 2.24 bits per heavy atom. The molecule has 0 fully saturated rings. The summed E-state index contributed by atoms with van der Waals surface area (Å²) in [6.07, 6.45) is 1.28. The standard InChI is InChI=1S/C13H16N2O2/c1-3-16-11-6-5-7-12(17-4-2)13(11)10(15)8-9-14/h5-8H,3-4,15H2,1-2H3. The number of nitriles is 1. The fraction of sp³-hybridized carbons (Fsp3) is 0.308. The molecule has 0 aliphatic rings. The SMILES string of the molecule is CCOc1cccc(OCC)c1C(N)=CC#N. The zero-order valence-corrected chi connectivity index (χ0v) is 10.1. The second-order valence-corrected chi connectivity index (χ2v) is 3.22. The van der Waals surface area contributed by atoms with Crippen LogP contribution in [-0.4, -0.2) is 13.2 Å². The highest BCUT2D eigenvalue weighted by atomic mass is 16.5. The first-order valence-electron chi connectivity index (χ1n) is 5.48. The quantitative estimate of drug-likeness (QED) is 0.791. The Labute approximate surface area is 101 Å². The number of nitrogens with zero attached hydrogens (tertiary/aromatic N) is 1. The first-order valence-corrected chi connectivity index (χ1v) is 5.48. The van der Waals surface area contributed by atoms with E-state index in [-0.39, 0.29) is 0 Å². The van der Waals surface area contributed by atoms with Crippen molar-refractivity contribution in [2.75, 3.05) is 13.2 Å². The average molecular weight is 232 g/mol. The molecule has 4 heteroatoms. The molecule has 1 aromatic rings.